The Kier molecular flexibility index (Phi) is 22.9. The second kappa shape index (κ2) is 26.7. The molecule has 3 heterocycles. The molecule has 22 heteroatoms. The number of nitrogens with one attached hydrogen (secondary N) is 1. The van der Waals surface area contributed by atoms with Crippen molar-refractivity contribution in [1.29, 1.82) is 0 Å². The number of hydrogen-bond acceptors (Lipinski definition) is 15. The maximum absolute atomic E-state index is 13.0. The molecule has 0 spiro atoms. The van der Waals surface area contributed by atoms with E-state index < -0.39 is 34.3 Å². The van der Waals surface area contributed by atoms with Crippen LogP contribution in [0.4, 0.5) is 9.59 Å². The molecule has 0 radical (unpaired) electrons. The monoisotopic (exact) mass is 800 g/mol. The fourth-order valence-electron chi connectivity index (χ4n) is 7.16. The molecule has 318 valence electrons. The summed E-state index contributed by atoms with van der Waals surface area (Å²) < 4.78 is 11.2. The summed E-state index contributed by atoms with van der Waals surface area (Å²) in [7, 11) is 0.514. The summed E-state index contributed by atoms with van der Waals surface area (Å²) >= 11 is 0. The summed E-state index contributed by atoms with van der Waals surface area (Å²) in [6.07, 6.45) is 0.301. The van der Waals surface area contributed by atoms with Crippen molar-refractivity contribution < 1.29 is 39.2 Å². The molecular weight excluding hydrogens is 728 g/mol. The molecule has 0 saturated carbocycles. The molecule has 2 amide bonds. The van der Waals surface area contributed by atoms with E-state index in [9.17, 15) is 29.7 Å². The Hall–Kier alpha value is -2.36. The van der Waals surface area contributed by atoms with Crippen molar-refractivity contribution in [2.45, 2.75) is 40.3 Å². The summed E-state index contributed by atoms with van der Waals surface area (Å²) in [5.74, 6) is 0.768. The van der Waals surface area contributed by atoms with Crippen LogP contribution in [-0.4, -0.2) is 245 Å². The van der Waals surface area contributed by atoms with Crippen molar-refractivity contribution >= 4 is 47.9 Å². The van der Waals surface area contributed by atoms with Crippen LogP contribution in [0.5, 0.6) is 5.75 Å². The lowest BCUT2D eigenvalue weighted by atomic mass is 9.82. The molecule has 57 heavy (non-hydrogen) atoms. The van der Waals surface area contributed by atoms with E-state index in [2.05, 4.69) is 29.6 Å². The summed E-state index contributed by atoms with van der Waals surface area (Å²) in [6, 6.07) is 7.51. The number of fused-ring (bicyclic) bond motifs is 21. The number of hydrogen-bond donors (Lipinski definition) is 5. The molecule has 0 aromatic heterocycles. The van der Waals surface area contributed by atoms with Gasteiger partial charge in [-0.05, 0) is 51.4 Å². The third kappa shape index (κ3) is 19.1. The van der Waals surface area contributed by atoms with E-state index in [-0.39, 0.29) is 12.4 Å². The van der Waals surface area contributed by atoms with Gasteiger partial charge in [0.25, 0.3) is 0 Å². The fourth-order valence-corrected chi connectivity index (χ4v) is 7.16. The van der Waals surface area contributed by atoms with Gasteiger partial charge in [0.1, 0.15) is 12.4 Å². The molecule has 0 atom stereocenters. The summed E-state index contributed by atoms with van der Waals surface area (Å²) in [5, 5.41) is 45.6. The molecule has 3 saturated heterocycles. The van der Waals surface area contributed by atoms with Crippen LogP contribution in [0.25, 0.3) is 0 Å². The number of alkyl carbamates (subject to hydrolysis) is 1. The van der Waals surface area contributed by atoms with Crippen molar-refractivity contribution in [3.8, 4) is 5.75 Å². The Balaban J connectivity index is 1.85. The Labute approximate surface area is 344 Å². The van der Waals surface area contributed by atoms with E-state index in [1.54, 1.807) is 35.1 Å². The number of carbonyl (C=O) groups excluding carboxylic acids is 2. The lowest BCUT2D eigenvalue weighted by Crippen LogP contribution is -2.54. The van der Waals surface area contributed by atoms with Gasteiger partial charge in [0, 0.05) is 131 Å². The molecule has 5 N–H and O–H groups in total. The predicted molar refractivity (Wildman–Crippen MR) is 232 cm³/mol. The number of benzene rings is 1. The van der Waals surface area contributed by atoms with Crippen molar-refractivity contribution in [2.75, 3.05) is 138 Å². The van der Waals surface area contributed by atoms with Gasteiger partial charge in [-0.2, -0.15) is 0 Å². The molecule has 1 aromatic carbocycles. The minimum Gasteiger partial charge on any atom is -0.494 e. The van der Waals surface area contributed by atoms with Crippen LogP contribution >= 0.6 is 0 Å². The molecule has 4 rings (SSSR count). The number of nitrogens with zero attached hydrogens (tertiary/aromatic N) is 8. The third-order valence-corrected chi connectivity index (χ3v) is 11.2. The quantitative estimate of drug-likeness (QED) is 0.122. The van der Waals surface area contributed by atoms with E-state index in [1.807, 2.05) is 38.8 Å². The fraction of sp³-hybridized carbons (Fsp3) is 0.771. The van der Waals surface area contributed by atoms with Crippen molar-refractivity contribution in [3.05, 3.63) is 29.8 Å². The average molecular weight is 799 g/mol. The zero-order valence-electron chi connectivity index (χ0n) is 35.7. The van der Waals surface area contributed by atoms with Crippen LogP contribution in [0.1, 0.15) is 12.0 Å². The number of carbonyl (C=O) groups is 2. The van der Waals surface area contributed by atoms with Crippen molar-refractivity contribution in [2.24, 2.45) is 0 Å². The highest BCUT2D eigenvalue weighted by atomic mass is 16.5. The molecule has 1 aromatic rings. The SMILES string of the molecule is BC(=O)N1CCN(CCCOc2ccc(COC(=O)NC)cc2)CCN2CCN(B(C)O)CCN(B(C)O)CCN(CCN(B(C)O)CCN(B(C)O)CC2)CC1. The minimum absolute atomic E-state index is 0.0282. The minimum atomic E-state index is -0.664. The van der Waals surface area contributed by atoms with Crippen molar-refractivity contribution in [1.82, 2.24) is 44.2 Å². The summed E-state index contributed by atoms with van der Waals surface area (Å²) in [5.41, 5.74) is 0.866. The van der Waals surface area contributed by atoms with E-state index in [0.29, 0.717) is 111 Å². The Morgan fingerprint density at radius 3 is 1.44 bits per heavy atom. The molecular formula is C35H70B5N9O8. The Bertz CT molecular complexity index is 1240. The van der Waals surface area contributed by atoms with Crippen LogP contribution in [0.2, 0.25) is 27.3 Å². The average Bonchev–Trinajstić information content (AvgIpc) is 3.17. The van der Waals surface area contributed by atoms with Gasteiger partial charge in [0.05, 0.1) is 6.61 Å². The normalized spacial score (nSPS) is 21.7. The van der Waals surface area contributed by atoms with Gasteiger partial charge < -0.3 is 63.9 Å². The van der Waals surface area contributed by atoms with Gasteiger partial charge in [-0.1, -0.05) is 12.1 Å². The first-order valence-electron chi connectivity index (χ1n) is 20.9. The molecule has 0 unspecified atom stereocenters. The highest BCUT2D eigenvalue weighted by molar-refractivity contribution is 6.56. The number of ether oxygens (including phenoxy) is 2. The van der Waals surface area contributed by atoms with E-state index in [4.69, 9.17) is 9.47 Å². The van der Waals surface area contributed by atoms with Gasteiger partial charge >= 0.3 is 34.3 Å². The van der Waals surface area contributed by atoms with Gasteiger partial charge in [0.15, 0.2) is 5.81 Å². The first-order valence-corrected chi connectivity index (χ1v) is 20.9. The van der Waals surface area contributed by atoms with E-state index in [1.165, 1.54) is 7.05 Å². The van der Waals surface area contributed by atoms with Crippen LogP contribution < -0.4 is 10.1 Å². The Morgan fingerprint density at radius 2 is 1.02 bits per heavy atom. The van der Waals surface area contributed by atoms with Crippen molar-refractivity contribution in [3.63, 3.8) is 0 Å². The van der Waals surface area contributed by atoms with Crippen LogP contribution in [0.15, 0.2) is 24.3 Å². The smallest absolute Gasteiger partial charge is 0.407 e. The van der Waals surface area contributed by atoms with Crippen LogP contribution in [0, 0.1) is 0 Å². The standard InChI is InChI=1S/C35H70B5N9O8/c1-37(52)46-22-16-43-13-12-42(11-6-30-56-33-9-7-32(8-10-33)31-57-35(51)41-5)14-20-45(34(36)50)21-15-44(18-24-48(28-26-46)39(3)54)19-25-49(40(4)55)29-27-47(23-17-43)38(2)53/h7-10,52-55H,6,11-31,36H2,1-5H3,(H,41,51). The summed E-state index contributed by atoms with van der Waals surface area (Å²) in [6.45, 7) is 20.1. The second-order valence-electron chi connectivity index (χ2n) is 15.4. The molecule has 0 aliphatic carbocycles. The molecule has 17 nitrogen and oxygen atoms in total. The number of rotatable bonds is 11. The topological polar surface area (TPSA) is 171 Å². The molecule has 3 fully saturated rings. The van der Waals surface area contributed by atoms with Crippen LogP contribution in [0.3, 0.4) is 0 Å². The lowest BCUT2D eigenvalue weighted by molar-refractivity contribution is 0.142. The third-order valence-electron chi connectivity index (χ3n) is 11.2. The number of amides is 2. The van der Waals surface area contributed by atoms with E-state index >= 15 is 0 Å². The maximum atomic E-state index is 13.0. The largest absolute Gasteiger partial charge is 0.494 e. The first-order chi connectivity index (χ1) is 27.2. The van der Waals surface area contributed by atoms with Gasteiger partial charge in [-0.15, -0.1) is 0 Å². The van der Waals surface area contributed by atoms with Gasteiger partial charge in [-0.3, -0.25) is 14.6 Å². The highest BCUT2D eigenvalue weighted by Gasteiger charge is 2.26. The van der Waals surface area contributed by atoms with E-state index in [0.717, 1.165) is 37.4 Å². The predicted octanol–water partition coefficient (Wildman–Crippen LogP) is -2.05. The zero-order valence-corrected chi connectivity index (χ0v) is 35.7. The van der Waals surface area contributed by atoms with Gasteiger partial charge in [0.2, 0.25) is 7.85 Å². The molecule has 3 aliphatic rings. The second-order valence-corrected chi connectivity index (χ2v) is 15.4. The first kappa shape index (κ1) is 49.0. The summed E-state index contributed by atoms with van der Waals surface area (Å²) in [4.78, 5) is 41.6. The highest BCUT2D eigenvalue weighted by Crippen LogP contribution is 2.14. The lowest BCUT2D eigenvalue weighted by Gasteiger charge is -2.37. The molecule has 2 bridgehead atoms. The molecule has 3 aliphatic heterocycles. The maximum Gasteiger partial charge on any atom is 0.407 e. The Morgan fingerprint density at radius 1 is 0.632 bits per heavy atom. The zero-order chi connectivity index (χ0) is 41.7. The van der Waals surface area contributed by atoms with Gasteiger partial charge in [-0.25, -0.2) is 4.79 Å². The van der Waals surface area contributed by atoms with Crippen LogP contribution in [-0.2, 0) is 11.3 Å².